The second kappa shape index (κ2) is 6.34. The van der Waals surface area contributed by atoms with Gasteiger partial charge in [0.1, 0.15) is 28.6 Å². The van der Waals surface area contributed by atoms with Gasteiger partial charge in [-0.3, -0.25) is 0 Å². The van der Waals surface area contributed by atoms with Gasteiger partial charge in [0.2, 0.25) is 0 Å². The fourth-order valence-corrected chi connectivity index (χ4v) is 2.63. The Kier molecular flexibility index (Phi) is 4.63. The van der Waals surface area contributed by atoms with Crippen LogP contribution in [0.3, 0.4) is 0 Å². The van der Waals surface area contributed by atoms with Gasteiger partial charge in [-0.2, -0.15) is 0 Å². The van der Waals surface area contributed by atoms with Crippen molar-refractivity contribution in [2.24, 2.45) is 0 Å². The lowest BCUT2D eigenvalue weighted by Crippen LogP contribution is -2.35. The quantitative estimate of drug-likeness (QED) is 0.592. The van der Waals surface area contributed by atoms with E-state index in [-0.39, 0.29) is 22.5 Å². The highest BCUT2D eigenvalue weighted by molar-refractivity contribution is 6.15. The third-order valence-electron chi connectivity index (χ3n) is 3.94. The molecule has 130 valence electrons. The maximum atomic E-state index is 12.3. The number of esters is 4. The largest absolute Gasteiger partial charge is 0.465 e. The van der Waals surface area contributed by atoms with E-state index in [1.54, 1.807) is 13.8 Å². The van der Waals surface area contributed by atoms with Crippen molar-refractivity contribution in [3.63, 3.8) is 0 Å². The Morgan fingerprint density at radius 2 is 1.42 bits per heavy atom. The number of hydrogen-bond acceptors (Lipinski definition) is 8. The number of fused-ring (bicyclic) bond motifs is 1. The summed E-state index contributed by atoms with van der Waals surface area (Å²) in [6, 6.07) is -0.520. The van der Waals surface area contributed by atoms with Gasteiger partial charge in [-0.05, 0) is 13.8 Å². The molecule has 0 aromatic carbocycles. The van der Waals surface area contributed by atoms with E-state index in [0.717, 1.165) is 21.3 Å². The van der Waals surface area contributed by atoms with Crippen LogP contribution in [0.25, 0.3) is 0 Å². The van der Waals surface area contributed by atoms with Gasteiger partial charge in [-0.1, -0.05) is 0 Å². The van der Waals surface area contributed by atoms with Crippen LogP contribution in [-0.4, -0.2) is 55.9 Å². The Labute approximate surface area is 137 Å². The third-order valence-corrected chi connectivity index (χ3v) is 3.94. The van der Waals surface area contributed by atoms with Gasteiger partial charge < -0.3 is 23.5 Å². The van der Waals surface area contributed by atoms with E-state index in [0.29, 0.717) is 0 Å². The zero-order valence-electron chi connectivity index (χ0n) is 13.9. The van der Waals surface area contributed by atoms with Crippen molar-refractivity contribution in [1.82, 2.24) is 4.57 Å². The summed E-state index contributed by atoms with van der Waals surface area (Å²) in [6.07, 6.45) is -0.586. The molecule has 0 bridgehead atoms. The van der Waals surface area contributed by atoms with Crippen LogP contribution in [-0.2, 0) is 18.9 Å². The van der Waals surface area contributed by atoms with Gasteiger partial charge in [-0.15, -0.1) is 0 Å². The molecule has 24 heavy (non-hydrogen) atoms. The molecule has 0 fully saturated rings. The van der Waals surface area contributed by atoms with E-state index < -0.39 is 36.0 Å². The molecule has 1 aliphatic heterocycles. The van der Waals surface area contributed by atoms with Gasteiger partial charge in [0.25, 0.3) is 0 Å². The molecular formula is C15H17NO8. The lowest BCUT2D eigenvalue weighted by Gasteiger charge is -2.30. The molecule has 0 aliphatic carbocycles. The normalized spacial score (nSPS) is 19.1. The third kappa shape index (κ3) is 2.41. The minimum atomic E-state index is -0.967. The highest BCUT2D eigenvalue weighted by Crippen LogP contribution is 2.35. The molecule has 9 heteroatoms. The van der Waals surface area contributed by atoms with Crippen LogP contribution in [0.5, 0.6) is 0 Å². The first kappa shape index (κ1) is 17.5. The number of ether oxygens (including phenoxy) is 4. The van der Waals surface area contributed by atoms with Crippen molar-refractivity contribution in [3.8, 4) is 0 Å². The number of nitrogens with zero attached hydrogens (tertiary/aromatic N) is 1. The van der Waals surface area contributed by atoms with Gasteiger partial charge in [0.05, 0.1) is 27.4 Å². The Morgan fingerprint density at radius 1 is 0.917 bits per heavy atom. The molecule has 2 rings (SSSR count). The van der Waals surface area contributed by atoms with Crippen molar-refractivity contribution >= 4 is 23.9 Å². The summed E-state index contributed by atoms with van der Waals surface area (Å²) in [7, 11) is 3.30. The number of rotatable bonds is 3. The lowest BCUT2D eigenvalue weighted by atomic mass is 10.1. The molecule has 2 heterocycles. The summed E-state index contributed by atoms with van der Waals surface area (Å²) in [5.41, 5.74) is -1.26. The number of carbonyl (C=O) groups excluding carboxylic acids is 4. The minimum Gasteiger partial charge on any atom is -0.465 e. The van der Waals surface area contributed by atoms with Crippen molar-refractivity contribution in [1.29, 1.82) is 0 Å². The predicted octanol–water partition coefficient (Wildman–Crippen LogP) is 0.968. The molecule has 1 aliphatic rings. The second-order valence-corrected chi connectivity index (χ2v) is 5.14. The molecule has 0 saturated heterocycles. The maximum Gasteiger partial charge on any atom is 0.356 e. The fraction of sp³-hybridized carbons (Fsp3) is 0.467. The van der Waals surface area contributed by atoms with Crippen LogP contribution < -0.4 is 0 Å². The smallest absolute Gasteiger partial charge is 0.356 e. The first-order valence-corrected chi connectivity index (χ1v) is 7.04. The number of cyclic esters (lactones) is 1. The maximum absolute atomic E-state index is 12.3. The van der Waals surface area contributed by atoms with Gasteiger partial charge in [-0.25, -0.2) is 19.2 Å². The number of aromatic nitrogens is 1. The number of carbonyl (C=O) groups is 4. The molecule has 0 saturated carbocycles. The molecule has 0 amide bonds. The van der Waals surface area contributed by atoms with Crippen molar-refractivity contribution in [2.75, 3.05) is 21.3 Å². The summed E-state index contributed by atoms with van der Waals surface area (Å²) in [5.74, 6) is -3.67. The predicted molar refractivity (Wildman–Crippen MR) is 78.0 cm³/mol. The fourth-order valence-electron chi connectivity index (χ4n) is 2.63. The van der Waals surface area contributed by atoms with Crippen LogP contribution in [0.4, 0.5) is 0 Å². The minimum absolute atomic E-state index is 0.242. The molecule has 0 N–H and O–H groups in total. The molecule has 2 atom stereocenters. The summed E-state index contributed by atoms with van der Waals surface area (Å²) in [5, 5.41) is 0. The molecule has 0 radical (unpaired) electrons. The highest BCUT2D eigenvalue weighted by Gasteiger charge is 2.44. The van der Waals surface area contributed by atoms with E-state index in [4.69, 9.17) is 9.47 Å². The van der Waals surface area contributed by atoms with Crippen molar-refractivity contribution in [3.05, 3.63) is 22.5 Å². The van der Waals surface area contributed by atoms with Crippen LogP contribution in [0.15, 0.2) is 0 Å². The monoisotopic (exact) mass is 339 g/mol. The van der Waals surface area contributed by atoms with E-state index in [1.807, 2.05) is 0 Å². The van der Waals surface area contributed by atoms with E-state index in [1.165, 1.54) is 4.57 Å². The topological polar surface area (TPSA) is 110 Å². The van der Waals surface area contributed by atoms with Crippen LogP contribution in [0.1, 0.15) is 61.6 Å². The lowest BCUT2D eigenvalue weighted by molar-refractivity contribution is 0.00999. The Morgan fingerprint density at radius 3 is 1.92 bits per heavy atom. The standard InChI is InChI=1S/C15H17NO8/c1-6-7(2)24-15(20)11-9(13(18)22-4)8(12(17)21-3)10(16(6)11)14(19)23-5/h6-7H,1-5H3/t6-,7-/m0/s1. The Balaban J connectivity index is 2.97. The Hall–Kier alpha value is -2.84. The molecule has 9 nitrogen and oxygen atoms in total. The second-order valence-electron chi connectivity index (χ2n) is 5.14. The zero-order chi connectivity index (χ0) is 18.2. The van der Waals surface area contributed by atoms with E-state index in [2.05, 4.69) is 9.47 Å². The van der Waals surface area contributed by atoms with Crippen LogP contribution in [0.2, 0.25) is 0 Å². The van der Waals surface area contributed by atoms with Gasteiger partial charge in [0.15, 0.2) is 0 Å². The SMILES string of the molecule is COC(=O)c1c(C(=O)OC)c2n(c1C(=O)OC)[C@@H](C)[C@H](C)OC2=O. The summed E-state index contributed by atoms with van der Waals surface area (Å²) in [6.45, 7) is 3.30. The van der Waals surface area contributed by atoms with Gasteiger partial charge in [0, 0.05) is 0 Å². The summed E-state index contributed by atoms with van der Waals surface area (Å²) in [4.78, 5) is 49.0. The summed E-state index contributed by atoms with van der Waals surface area (Å²) >= 11 is 0. The summed E-state index contributed by atoms with van der Waals surface area (Å²) < 4.78 is 20.5. The first-order valence-electron chi connectivity index (χ1n) is 7.04. The highest BCUT2D eigenvalue weighted by atomic mass is 16.6. The Bertz CT molecular complexity index is 732. The number of methoxy groups -OCH3 is 3. The molecular weight excluding hydrogens is 322 g/mol. The average molecular weight is 339 g/mol. The molecule has 0 spiro atoms. The first-order chi connectivity index (χ1) is 11.3. The van der Waals surface area contributed by atoms with Crippen molar-refractivity contribution in [2.45, 2.75) is 26.0 Å². The van der Waals surface area contributed by atoms with E-state index >= 15 is 0 Å². The van der Waals surface area contributed by atoms with Crippen LogP contribution >= 0.6 is 0 Å². The van der Waals surface area contributed by atoms with Crippen molar-refractivity contribution < 1.29 is 38.1 Å². The molecule has 0 unspecified atom stereocenters. The zero-order valence-corrected chi connectivity index (χ0v) is 13.9. The number of hydrogen-bond donors (Lipinski definition) is 0. The van der Waals surface area contributed by atoms with Gasteiger partial charge >= 0.3 is 23.9 Å². The van der Waals surface area contributed by atoms with Crippen LogP contribution in [0, 0.1) is 0 Å². The average Bonchev–Trinajstić information content (AvgIpc) is 2.94. The molecule has 1 aromatic rings. The van der Waals surface area contributed by atoms with E-state index in [9.17, 15) is 19.2 Å². The molecule has 1 aromatic heterocycles.